The van der Waals surface area contributed by atoms with Crippen molar-refractivity contribution >= 4 is 68.3 Å². The highest BCUT2D eigenvalue weighted by Gasteiger charge is 2.17. The first kappa shape index (κ1) is 31.3. The molecule has 2 amide bonds. The summed E-state index contributed by atoms with van der Waals surface area (Å²) < 4.78 is 9.55. The maximum atomic E-state index is 13.0. The number of hydrogen-bond donors (Lipinski definition) is 2. The summed E-state index contributed by atoms with van der Waals surface area (Å²) >= 11 is 4.18. The molecule has 2 aromatic heterocycles. The van der Waals surface area contributed by atoms with Gasteiger partial charge in [0.05, 0.1) is 21.7 Å². The molecule has 6 aromatic rings. The van der Waals surface area contributed by atoms with Gasteiger partial charge in [-0.2, -0.15) is 0 Å². The molecule has 0 atom stereocenters. The highest BCUT2D eigenvalue weighted by atomic mass is 32.2. The van der Waals surface area contributed by atoms with E-state index in [1.807, 2.05) is 115 Å². The Balaban J connectivity index is 1.06. The molecule has 0 saturated carbocycles. The monoisotopic (exact) mass is 666 g/mol. The first-order chi connectivity index (χ1) is 22.4. The third-order valence-corrected chi connectivity index (χ3v) is 9.88. The normalized spacial score (nSPS) is 11.0. The van der Waals surface area contributed by atoms with Crippen molar-refractivity contribution in [3.05, 3.63) is 114 Å². The number of carbonyl (C=O) groups excluding carboxylic acids is 2. The molecule has 0 spiro atoms. The van der Waals surface area contributed by atoms with Crippen molar-refractivity contribution < 1.29 is 14.3 Å². The average Bonchev–Trinajstić information content (AvgIpc) is 3.67. The van der Waals surface area contributed by atoms with Crippen LogP contribution in [0.15, 0.2) is 107 Å². The van der Waals surface area contributed by atoms with Gasteiger partial charge in [-0.25, -0.2) is 4.98 Å². The predicted molar refractivity (Wildman–Crippen MR) is 186 cm³/mol. The maximum Gasteiger partial charge on any atom is 0.234 e. The van der Waals surface area contributed by atoms with Gasteiger partial charge in [-0.05, 0) is 67.9 Å². The van der Waals surface area contributed by atoms with Crippen molar-refractivity contribution in [2.75, 3.05) is 22.1 Å². The second-order valence-corrected chi connectivity index (χ2v) is 13.5. The number of para-hydroxylation sites is 2. The Morgan fingerprint density at radius 3 is 2.35 bits per heavy atom. The first-order valence-corrected chi connectivity index (χ1v) is 17.2. The van der Waals surface area contributed by atoms with Gasteiger partial charge >= 0.3 is 0 Å². The van der Waals surface area contributed by atoms with Crippen LogP contribution in [0, 0.1) is 13.8 Å². The summed E-state index contributed by atoms with van der Waals surface area (Å²) in [5, 5.41) is 15.3. The number of benzene rings is 4. The Morgan fingerprint density at radius 1 is 0.826 bits per heavy atom. The first-order valence-electron chi connectivity index (χ1n) is 14.4. The maximum absolute atomic E-state index is 13.0. The minimum Gasteiger partial charge on any atom is -0.486 e. The molecule has 0 saturated heterocycles. The summed E-state index contributed by atoms with van der Waals surface area (Å²) in [7, 11) is 0. The van der Waals surface area contributed by atoms with E-state index in [2.05, 4.69) is 25.8 Å². The molecular formula is C34H30N6O3S3. The van der Waals surface area contributed by atoms with E-state index >= 15 is 0 Å². The molecule has 0 aliphatic carbocycles. The van der Waals surface area contributed by atoms with Gasteiger partial charge in [-0.15, -0.1) is 21.5 Å². The zero-order chi connectivity index (χ0) is 31.9. The molecule has 9 nitrogen and oxygen atoms in total. The van der Waals surface area contributed by atoms with Crippen molar-refractivity contribution in [2.45, 2.75) is 30.0 Å². The lowest BCUT2D eigenvalue weighted by Crippen LogP contribution is -2.14. The predicted octanol–water partition coefficient (Wildman–Crippen LogP) is 7.53. The van der Waals surface area contributed by atoms with E-state index in [0.29, 0.717) is 16.7 Å². The van der Waals surface area contributed by atoms with Crippen LogP contribution >= 0.6 is 34.9 Å². The molecular weight excluding hydrogens is 637 g/mol. The van der Waals surface area contributed by atoms with Gasteiger partial charge in [0, 0.05) is 17.1 Å². The van der Waals surface area contributed by atoms with Crippen LogP contribution in [0.4, 0.5) is 11.4 Å². The standard InChI is InChI=1S/C34H30N6O3S3/c1-22-13-15-27(23(2)17-22)36-32(42)21-45-34-37-28-16-14-24(18-29(28)46-34)35-31(41)20-44-33-39-38-30(19-43-26-11-7-4-8-12-26)40(33)25-9-5-3-6-10-25/h3-18H,19-21H2,1-2H3,(H,35,41)(H,36,42). The number of anilines is 2. The lowest BCUT2D eigenvalue weighted by atomic mass is 10.1. The van der Waals surface area contributed by atoms with Gasteiger partial charge in [-0.1, -0.05) is 77.6 Å². The number of amides is 2. The van der Waals surface area contributed by atoms with Crippen molar-refractivity contribution in [3.8, 4) is 11.4 Å². The Kier molecular flexibility index (Phi) is 9.97. The van der Waals surface area contributed by atoms with Gasteiger partial charge in [0.15, 0.2) is 15.3 Å². The molecule has 232 valence electrons. The van der Waals surface area contributed by atoms with Crippen LogP contribution in [0.5, 0.6) is 5.75 Å². The van der Waals surface area contributed by atoms with Crippen LogP contribution in [0.1, 0.15) is 17.0 Å². The van der Waals surface area contributed by atoms with E-state index in [-0.39, 0.29) is 29.9 Å². The summed E-state index contributed by atoms with van der Waals surface area (Å²) in [6.07, 6.45) is 0. The SMILES string of the molecule is Cc1ccc(NC(=O)CSc2nc3ccc(NC(=O)CSc4nnc(COc5ccccc5)n4-c4ccccc4)cc3s2)c(C)c1. The smallest absolute Gasteiger partial charge is 0.234 e. The molecule has 0 radical (unpaired) electrons. The summed E-state index contributed by atoms with van der Waals surface area (Å²) in [6, 6.07) is 30.9. The average molecular weight is 667 g/mol. The Hall–Kier alpha value is -4.65. The zero-order valence-electron chi connectivity index (χ0n) is 25.1. The van der Waals surface area contributed by atoms with E-state index in [4.69, 9.17) is 4.74 Å². The number of hydrogen-bond acceptors (Lipinski definition) is 9. The second-order valence-electron chi connectivity index (χ2n) is 10.3. The van der Waals surface area contributed by atoms with Gasteiger partial charge in [0.25, 0.3) is 0 Å². The van der Waals surface area contributed by atoms with Crippen LogP contribution in [0.3, 0.4) is 0 Å². The fraction of sp³-hybridized carbons (Fsp3) is 0.147. The highest BCUT2D eigenvalue weighted by Crippen LogP contribution is 2.32. The van der Waals surface area contributed by atoms with Crippen molar-refractivity contribution in [1.82, 2.24) is 19.7 Å². The molecule has 12 heteroatoms. The summed E-state index contributed by atoms with van der Waals surface area (Å²) in [6.45, 7) is 4.23. The fourth-order valence-corrected chi connectivity index (χ4v) is 7.30. The zero-order valence-corrected chi connectivity index (χ0v) is 27.5. The fourth-order valence-electron chi connectivity index (χ4n) is 4.63. The van der Waals surface area contributed by atoms with Gasteiger partial charge in [-0.3, -0.25) is 14.2 Å². The van der Waals surface area contributed by atoms with Crippen LogP contribution < -0.4 is 15.4 Å². The van der Waals surface area contributed by atoms with Gasteiger partial charge < -0.3 is 15.4 Å². The lowest BCUT2D eigenvalue weighted by molar-refractivity contribution is -0.114. The Bertz CT molecular complexity index is 1980. The quantitative estimate of drug-likeness (QED) is 0.129. The van der Waals surface area contributed by atoms with Crippen molar-refractivity contribution in [3.63, 3.8) is 0 Å². The Morgan fingerprint density at radius 2 is 1.57 bits per heavy atom. The number of nitrogens with zero attached hydrogens (tertiary/aromatic N) is 4. The minimum absolute atomic E-state index is 0.0828. The number of ether oxygens (including phenoxy) is 1. The number of aryl methyl sites for hydroxylation is 2. The van der Waals surface area contributed by atoms with E-state index in [0.717, 1.165) is 42.8 Å². The minimum atomic E-state index is -0.170. The van der Waals surface area contributed by atoms with Crippen molar-refractivity contribution in [1.29, 1.82) is 0 Å². The molecule has 0 unspecified atom stereocenters. The molecule has 6 rings (SSSR count). The molecule has 46 heavy (non-hydrogen) atoms. The number of nitrogens with one attached hydrogen (secondary N) is 2. The van der Waals surface area contributed by atoms with Crippen LogP contribution in [-0.4, -0.2) is 43.1 Å². The van der Waals surface area contributed by atoms with E-state index < -0.39 is 0 Å². The topological polar surface area (TPSA) is 111 Å². The van der Waals surface area contributed by atoms with Crippen molar-refractivity contribution in [2.24, 2.45) is 0 Å². The molecule has 2 N–H and O–H groups in total. The van der Waals surface area contributed by atoms with E-state index in [1.165, 1.54) is 34.9 Å². The summed E-state index contributed by atoms with van der Waals surface area (Å²) in [5.74, 6) is 1.51. The molecule has 4 aromatic carbocycles. The number of aromatic nitrogens is 4. The Labute approximate surface area is 278 Å². The van der Waals surface area contributed by atoms with Crippen LogP contribution in [0.2, 0.25) is 0 Å². The largest absolute Gasteiger partial charge is 0.486 e. The van der Waals surface area contributed by atoms with Crippen LogP contribution in [0.25, 0.3) is 15.9 Å². The summed E-state index contributed by atoms with van der Waals surface area (Å²) in [5.41, 5.74) is 5.37. The molecule has 0 bridgehead atoms. The van der Waals surface area contributed by atoms with Gasteiger partial charge in [0.2, 0.25) is 11.8 Å². The highest BCUT2D eigenvalue weighted by molar-refractivity contribution is 8.01. The summed E-state index contributed by atoms with van der Waals surface area (Å²) in [4.78, 5) is 30.2. The number of rotatable bonds is 12. The lowest BCUT2D eigenvalue weighted by Gasteiger charge is -2.11. The van der Waals surface area contributed by atoms with Crippen LogP contribution in [-0.2, 0) is 16.2 Å². The molecule has 0 aliphatic heterocycles. The molecule has 2 heterocycles. The number of thiazole rings is 1. The number of thioether (sulfide) groups is 2. The van der Waals surface area contributed by atoms with Gasteiger partial charge in [0.1, 0.15) is 12.4 Å². The number of fused-ring (bicyclic) bond motifs is 1. The third kappa shape index (κ3) is 7.94. The molecule has 0 fully saturated rings. The second kappa shape index (κ2) is 14.6. The molecule has 0 aliphatic rings. The third-order valence-electron chi connectivity index (χ3n) is 6.79. The van der Waals surface area contributed by atoms with E-state index in [1.54, 1.807) is 0 Å². The number of carbonyl (C=O) groups is 2. The van der Waals surface area contributed by atoms with E-state index in [9.17, 15) is 9.59 Å².